The molecule has 0 saturated carbocycles. The number of aliphatic hydroxyl groups excluding tert-OH is 2. The quantitative estimate of drug-likeness (QED) is 0.573. The maximum Gasteiger partial charge on any atom is 0.273 e. The predicted molar refractivity (Wildman–Crippen MR) is 98.9 cm³/mol. The predicted octanol–water partition coefficient (Wildman–Crippen LogP) is 2.21. The maximum atomic E-state index is 13.7. The average molecular weight is 448 g/mol. The Morgan fingerprint density at radius 3 is 2.67 bits per heavy atom. The third-order valence-corrected chi connectivity index (χ3v) is 4.31. The molecule has 2 aromatic rings. The van der Waals surface area contributed by atoms with E-state index in [9.17, 15) is 18.7 Å². The summed E-state index contributed by atoms with van der Waals surface area (Å²) in [6, 6.07) is 2.83. The van der Waals surface area contributed by atoms with E-state index in [1.807, 2.05) is 0 Å². The zero-order valence-corrected chi connectivity index (χ0v) is 16.3. The van der Waals surface area contributed by atoms with Crippen molar-refractivity contribution in [3.05, 3.63) is 50.2 Å². The van der Waals surface area contributed by atoms with Crippen molar-refractivity contribution in [1.29, 1.82) is 0 Å². The van der Waals surface area contributed by atoms with Gasteiger partial charge in [-0.15, -0.1) is 0 Å². The molecule has 148 valence electrons. The van der Waals surface area contributed by atoms with Gasteiger partial charge in [0.25, 0.3) is 5.56 Å². The lowest BCUT2D eigenvalue weighted by Crippen LogP contribution is -2.31. The van der Waals surface area contributed by atoms with Gasteiger partial charge in [-0.2, -0.15) is 4.98 Å². The Hall–Kier alpha value is -2.04. The number of rotatable bonds is 8. The van der Waals surface area contributed by atoms with Gasteiger partial charge in [0.2, 0.25) is 11.8 Å². The molecule has 0 spiro atoms. The highest BCUT2D eigenvalue weighted by molar-refractivity contribution is 9.10. The number of aromatic nitrogens is 2. The average Bonchev–Trinajstić information content (AvgIpc) is 2.61. The number of ether oxygens (including phenoxy) is 1. The third kappa shape index (κ3) is 5.24. The number of benzene rings is 1. The van der Waals surface area contributed by atoms with Gasteiger partial charge in [-0.3, -0.25) is 9.36 Å². The zero-order chi connectivity index (χ0) is 20.1. The molecule has 1 aromatic heterocycles. The molecule has 0 unspecified atom stereocenters. The topological polar surface area (TPSA) is 96.6 Å². The Bertz CT molecular complexity index is 861. The van der Waals surface area contributed by atoms with Gasteiger partial charge in [0.15, 0.2) is 0 Å². The van der Waals surface area contributed by atoms with Gasteiger partial charge in [-0.1, -0.05) is 0 Å². The molecule has 0 fully saturated rings. The second-order valence-electron chi connectivity index (χ2n) is 6.07. The van der Waals surface area contributed by atoms with Crippen molar-refractivity contribution in [2.75, 3.05) is 18.5 Å². The van der Waals surface area contributed by atoms with Crippen LogP contribution in [0.15, 0.2) is 27.5 Å². The van der Waals surface area contributed by atoms with Crippen LogP contribution < -0.4 is 15.6 Å². The highest BCUT2D eigenvalue weighted by Crippen LogP contribution is 2.24. The lowest BCUT2D eigenvalue weighted by Gasteiger charge is -2.19. The Morgan fingerprint density at radius 1 is 1.37 bits per heavy atom. The van der Waals surface area contributed by atoms with Crippen LogP contribution in [0, 0.1) is 11.6 Å². The number of nitrogens with one attached hydrogen (secondary N) is 1. The first-order valence-electron chi connectivity index (χ1n) is 8.16. The fourth-order valence-electron chi connectivity index (χ4n) is 2.25. The maximum absolute atomic E-state index is 13.7. The van der Waals surface area contributed by atoms with E-state index in [1.165, 1.54) is 10.6 Å². The molecule has 27 heavy (non-hydrogen) atoms. The van der Waals surface area contributed by atoms with Crippen LogP contribution in [0.5, 0.6) is 5.88 Å². The van der Waals surface area contributed by atoms with E-state index in [2.05, 4.69) is 26.2 Å². The van der Waals surface area contributed by atoms with E-state index in [4.69, 9.17) is 9.84 Å². The number of anilines is 1. The molecule has 0 aliphatic carbocycles. The molecule has 2 rings (SSSR count). The van der Waals surface area contributed by atoms with E-state index in [1.54, 1.807) is 13.8 Å². The van der Waals surface area contributed by atoms with Crippen LogP contribution in [0.4, 0.5) is 14.7 Å². The smallest absolute Gasteiger partial charge is 0.273 e. The molecule has 0 radical (unpaired) electrons. The third-order valence-electron chi connectivity index (χ3n) is 3.63. The van der Waals surface area contributed by atoms with Crippen LogP contribution in [0.2, 0.25) is 0 Å². The summed E-state index contributed by atoms with van der Waals surface area (Å²) in [6.45, 7) is 2.79. The summed E-state index contributed by atoms with van der Waals surface area (Å²) in [6.07, 6.45) is -1.04. The second-order valence-corrected chi connectivity index (χ2v) is 6.86. The first kappa shape index (κ1) is 21.3. The van der Waals surface area contributed by atoms with Crippen molar-refractivity contribution in [3.63, 3.8) is 0 Å². The van der Waals surface area contributed by atoms with Gasteiger partial charge in [-0.25, -0.2) is 8.78 Å². The Morgan fingerprint density at radius 2 is 2.07 bits per heavy atom. The van der Waals surface area contributed by atoms with Gasteiger partial charge in [0.1, 0.15) is 22.7 Å². The number of halogens is 3. The zero-order valence-electron chi connectivity index (χ0n) is 14.7. The van der Waals surface area contributed by atoms with E-state index in [0.29, 0.717) is 0 Å². The van der Waals surface area contributed by atoms with Crippen molar-refractivity contribution < 1.29 is 23.7 Å². The Kier molecular flexibility index (Phi) is 7.28. The van der Waals surface area contributed by atoms with Crippen LogP contribution in [0.25, 0.3) is 0 Å². The molecule has 0 aliphatic rings. The van der Waals surface area contributed by atoms with Crippen LogP contribution >= 0.6 is 15.9 Å². The molecule has 0 aliphatic heterocycles. The molecular weight excluding hydrogens is 428 g/mol. The Balaban J connectivity index is 2.32. The van der Waals surface area contributed by atoms with E-state index >= 15 is 0 Å². The summed E-state index contributed by atoms with van der Waals surface area (Å²) in [5.74, 6) is -1.43. The molecule has 0 saturated heterocycles. The lowest BCUT2D eigenvalue weighted by molar-refractivity contribution is 0.105. The molecule has 3 N–H and O–H groups in total. The molecule has 1 aromatic carbocycles. The van der Waals surface area contributed by atoms with Crippen LogP contribution in [-0.2, 0) is 6.61 Å². The number of nitrogens with zero attached hydrogens (tertiary/aromatic N) is 2. The van der Waals surface area contributed by atoms with Crippen molar-refractivity contribution in [1.82, 2.24) is 9.55 Å². The SMILES string of the molecule is CC(C)n1c(NC[C@@H](O)CO)nc(OCc2ccc(F)cc2F)c(Br)c1=O. The minimum Gasteiger partial charge on any atom is -0.472 e. The fraction of sp³-hybridized carbons (Fsp3) is 0.412. The molecular formula is C17H20BrF2N3O4. The van der Waals surface area contributed by atoms with Crippen molar-refractivity contribution in [2.24, 2.45) is 0 Å². The summed E-state index contributed by atoms with van der Waals surface area (Å²) >= 11 is 3.14. The summed E-state index contributed by atoms with van der Waals surface area (Å²) in [5.41, 5.74) is -0.334. The van der Waals surface area contributed by atoms with Gasteiger partial charge in [-0.05, 0) is 41.9 Å². The molecule has 1 heterocycles. The molecule has 0 bridgehead atoms. The van der Waals surface area contributed by atoms with E-state index in [-0.39, 0.29) is 41.1 Å². The van der Waals surface area contributed by atoms with Gasteiger partial charge < -0.3 is 20.3 Å². The van der Waals surface area contributed by atoms with Crippen molar-refractivity contribution in [2.45, 2.75) is 32.6 Å². The Labute approximate surface area is 162 Å². The highest BCUT2D eigenvalue weighted by Gasteiger charge is 2.19. The van der Waals surface area contributed by atoms with Crippen LogP contribution in [0.1, 0.15) is 25.5 Å². The van der Waals surface area contributed by atoms with Gasteiger partial charge in [0.05, 0.1) is 12.7 Å². The lowest BCUT2D eigenvalue weighted by atomic mass is 10.2. The summed E-state index contributed by atoms with van der Waals surface area (Å²) in [4.78, 5) is 16.8. The summed E-state index contributed by atoms with van der Waals surface area (Å²) in [7, 11) is 0. The number of hydrogen-bond donors (Lipinski definition) is 3. The molecule has 7 nitrogen and oxygen atoms in total. The van der Waals surface area contributed by atoms with Crippen molar-refractivity contribution >= 4 is 21.9 Å². The van der Waals surface area contributed by atoms with Crippen molar-refractivity contribution in [3.8, 4) is 5.88 Å². The molecule has 1 atom stereocenters. The summed E-state index contributed by atoms with van der Waals surface area (Å²) < 4.78 is 33.6. The summed E-state index contributed by atoms with van der Waals surface area (Å²) in [5, 5.41) is 21.2. The normalized spacial score (nSPS) is 12.3. The largest absolute Gasteiger partial charge is 0.472 e. The molecule has 0 amide bonds. The minimum absolute atomic E-state index is 0.0384. The fourth-order valence-corrected chi connectivity index (χ4v) is 2.64. The minimum atomic E-state index is -1.04. The first-order valence-corrected chi connectivity index (χ1v) is 8.95. The van der Waals surface area contributed by atoms with Crippen LogP contribution in [-0.4, -0.2) is 39.0 Å². The number of hydrogen-bond acceptors (Lipinski definition) is 6. The number of aliphatic hydroxyl groups is 2. The van der Waals surface area contributed by atoms with Gasteiger partial charge >= 0.3 is 0 Å². The standard InChI is InChI=1S/C17H20BrF2N3O4/c1-9(2)23-16(26)14(18)15(22-17(23)21-6-12(25)7-24)27-8-10-3-4-11(19)5-13(10)20/h3-5,9,12,24-25H,6-8H2,1-2H3,(H,21,22)/t12-/m1/s1. The monoisotopic (exact) mass is 447 g/mol. The highest BCUT2D eigenvalue weighted by atomic mass is 79.9. The second kappa shape index (κ2) is 9.25. The van der Waals surface area contributed by atoms with Gasteiger partial charge in [0, 0.05) is 24.2 Å². The first-order chi connectivity index (χ1) is 12.7. The molecule has 10 heteroatoms. The van der Waals surface area contributed by atoms with E-state index < -0.39 is 29.9 Å². The van der Waals surface area contributed by atoms with E-state index in [0.717, 1.165) is 12.1 Å². The van der Waals surface area contributed by atoms with Crippen LogP contribution in [0.3, 0.4) is 0 Å².